The van der Waals surface area contributed by atoms with Crippen LogP contribution in [0, 0.1) is 0 Å². The molecular weight excluding hydrogens is 386 g/mol. The van der Waals surface area contributed by atoms with Gasteiger partial charge in [-0.15, -0.1) is 0 Å². The minimum Gasteiger partial charge on any atom is -0.320 e. The van der Waals surface area contributed by atoms with Crippen molar-refractivity contribution in [1.82, 2.24) is 0 Å². The number of hydrogen-bond donors (Lipinski definition) is 0. The van der Waals surface area contributed by atoms with Crippen LogP contribution in [0.5, 0.6) is 0 Å². The van der Waals surface area contributed by atoms with Gasteiger partial charge in [0.2, 0.25) is 8.32 Å². The van der Waals surface area contributed by atoms with E-state index in [9.17, 15) is 4.79 Å². The van der Waals surface area contributed by atoms with E-state index < -0.39 is 8.32 Å². The molecule has 0 spiro atoms. The van der Waals surface area contributed by atoms with E-state index in [0.717, 1.165) is 16.8 Å². The lowest BCUT2D eigenvalue weighted by atomic mass is 10.0. The number of anilines is 1. The van der Waals surface area contributed by atoms with Crippen molar-refractivity contribution < 1.29 is 9.32 Å². The van der Waals surface area contributed by atoms with Gasteiger partial charge in [0.1, 0.15) is 0 Å². The molecule has 0 heterocycles. The third-order valence-electron chi connectivity index (χ3n) is 4.48. The van der Waals surface area contributed by atoms with Gasteiger partial charge in [0.15, 0.2) is 5.78 Å². The summed E-state index contributed by atoms with van der Waals surface area (Å²) in [6.07, 6.45) is 4.46. The minimum atomic E-state index is -1.92. The smallest absolute Gasteiger partial charge is 0.220 e. The Balaban J connectivity index is 1.96. The summed E-state index contributed by atoms with van der Waals surface area (Å²) in [6, 6.07) is 29.4. The predicted molar refractivity (Wildman–Crippen MR) is 128 cm³/mol. The summed E-state index contributed by atoms with van der Waals surface area (Å²) < 4.78 is 6.48. The topological polar surface area (TPSA) is 29.5 Å². The van der Waals surface area contributed by atoms with Gasteiger partial charge in [-0.2, -0.15) is 0 Å². The predicted octanol–water partition coefficient (Wildman–Crippen LogP) is 6.61. The fourth-order valence-corrected chi connectivity index (χ4v) is 3.96. The molecule has 3 aromatic carbocycles. The van der Waals surface area contributed by atoms with Crippen molar-refractivity contribution in [2.24, 2.45) is 0 Å². The van der Waals surface area contributed by atoms with Crippen LogP contribution in [0.25, 0.3) is 6.08 Å². The number of para-hydroxylation sites is 1. The van der Waals surface area contributed by atoms with Gasteiger partial charge < -0.3 is 4.53 Å². The molecule has 1 unspecified atom stereocenters. The number of benzene rings is 3. The molecule has 0 aromatic heterocycles. The molecule has 0 bridgehead atoms. The van der Waals surface area contributed by atoms with Gasteiger partial charge in [-0.3, -0.25) is 9.86 Å². The number of hydroxylamine groups is 1. The summed E-state index contributed by atoms with van der Waals surface area (Å²) in [4.78, 5) is 13.1. The standard InChI is InChI=1S/C26H29NO2Si/c1-30(2,3)29-27(24-17-11-6-12-18-24)25(20-19-22-13-7-4-8-14-22)21-26(28)23-15-9-5-10-16-23/h4-20,25H,21H2,1-3H3/b20-19+. The lowest BCUT2D eigenvalue weighted by molar-refractivity contribution is 0.0964. The highest BCUT2D eigenvalue weighted by Crippen LogP contribution is 2.25. The van der Waals surface area contributed by atoms with Crippen molar-refractivity contribution >= 4 is 25.9 Å². The van der Waals surface area contributed by atoms with E-state index >= 15 is 0 Å². The molecule has 0 N–H and O–H groups in total. The van der Waals surface area contributed by atoms with Crippen LogP contribution in [-0.2, 0) is 4.53 Å². The number of carbonyl (C=O) groups excluding carboxylic acids is 1. The Kier molecular flexibility index (Phi) is 7.39. The normalized spacial score (nSPS) is 12.6. The van der Waals surface area contributed by atoms with Gasteiger partial charge in [-0.25, -0.2) is 0 Å². The highest BCUT2D eigenvalue weighted by Gasteiger charge is 2.27. The average molecular weight is 416 g/mol. The first kappa shape index (κ1) is 21.7. The van der Waals surface area contributed by atoms with Crippen molar-refractivity contribution in [3.8, 4) is 0 Å². The molecule has 4 heteroatoms. The van der Waals surface area contributed by atoms with Crippen molar-refractivity contribution in [3.05, 3.63) is 108 Å². The first-order valence-electron chi connectivity index (χ1n) is 10.3. The molecule has 0 aliphatic carbocycles. The van der Waals surface area contributed by atoms with E-state index in [1.165, 1.54) is 0 Å². The van der Waals surface area contributed by atoms with Crippen LogP contribution in [0.15, 0.2) is 97.1 Å². The largest absolute Gasteiger partial charge is 0.320 e. The molecule has 154 valence electrons. The Morgan fingerprint density at radius 2 is 1.40 bits per heavy atom. The Hall–Kier alpha value is -2.95. The minimum absolute atomic E-state index is 0.0958. The highest BCUT2D eigenvalue weighted by atomic mass is 28.4. The Morgan fingerprint density at radius 1 is 0.867 bits per heavy atom. The summed E-state index contributed by atoms with van der Waals surface area (Å²) in [5.74, 6) is 0.0958. The van der Waals surface area contributed by atoms with Crippen molar-refractivity contribution in [2.75, 3.05) is 5.06 Å². The van der Waals surface area contributed by atoms with Crippen LogP contribution >= 0.6 is 0 Å². The van der Waals surface area contributed by atoms with Gasteiger partial charge in [-0.1, -0.05) is 91.0 Å². The molecule has 0 radical (unpaired) electrons. The number of rotatable bonds is 9. The first-order chi connectivity index (χ1) is 14.4. The fraction of sp³-hybridized carbons (Fsp3) is 0.192. The summed E-state index contributed by atoms with van der Waals surface area (Å²) in [5.41, 5.74) is 2.76. The Morgan fingerprint density at radius 3 is 1.97 bits per heavy atom. The average Bonchev–Trinajstić information content (AvgIpc) is 2.76. The molecule has 3 rings (SSSR count). The first-order valence-corrected chi connectivity index (χ1v) is 13.7. The summed E-state index contributed by atoms with van der Waals surface area (Å²) in [5, 5.41) is 1.92. The Bertz CT molecular complexity index is 951. The molecule has 0 aliphatic heterocycles. The zero-order valence-corrected chi connectivity index (χ0v) is 18.9. The molecule has 0 saturated heterocycles. The second kappa shape index (κ2) is 10.2. The molecule has 0 saturated carbocycles. The third kappa shape index (κ3) is 6.54. The van der Waals surface area contributed by atoms with Gasteiger partial charge >= 0.3 is 0 Å². The van der Waals surface area contributed by atoms with E-state index in [-0.39, 0.29) is 11.8 Å². The Labute approximate surface area is 180 Å². The van der Waals surface area contributed by atoms with Gasteiger partial charge in [-0.05, 0) is 37.3 Å². The molecule has 0 aliphatic rings. The molecule has 3 nitrogen and oxygen atoms in total. The molecule has 1 atom stereocenters. The maximum absolute atomic E-state index is 13.1. The van der Waals surface area contributed by atoms with Crippen LogP contribution < -0.4 is 5.06 Å². The van der Waals surface area contributed by atoms with Crippen LogP contribution in [-0.4, -0.2) is 20.1 Å². The number of Topliss-reactive ketones (excluding diaryl/α,β-unsaturated/α-hetero) is 1. The van der Waals surface area contributed by atoms with Crippen LogP contribution in [0.4, 0.5) is 5.69 Å². The van der Waals surface area contributed by atoms with Gasteiger partial charge in [0.05, 0.1) is 11.7 Å². The third-order valence-corrected chi connectivity index (χ3v) is 5.23. The molecule has 0 fully saturated rings. The fourth-order valence-electron chi connectivity index (χ4n) is 3.13. The van der Waals surface area contributed by atoms with E-state index in [4.69, 9.17) is 4.53 Å². The second-order valence-electron chi connectivity index (χ2n) is 8.20. The zero-order chi connectivity index (χ0) is 21.4. The molecule has 0 amide bonds. The van der Waals surface area contributed by atoms with E-state index in [1.54, 1.807) is 0 Å². The van der Waals surface area contributed by atoms with Crippen molar-refractivity contribution in [1.29, 1.82) is 0 Å². The lowest BCUT2D eigenvalue weighted by Crippen LogP contribution is -2.44. The number of carbonyl (C=O) groups is 1. The molecule has 30 heavy (non-hydrogen) atoms. The lowest BCUT2D eigenvalue weighted by Gasteiger charge is -2.36. The van der Waals surface area contributed by atoms with E-state index in [0.29, 0.717) is 6.42 Å². The summed E-state index contributed by atoms with van der Waals surface area (Å²) in [7, 11) is -1.92. The number of ketones is 1. The number of hydrogen-bond acceptors (Lipinski definition) is 3. The maximum Gasteiger partial charge on any atom is 0.220 e. The monoisotopic (exact) mass is 415 g/mol. The maximum atomic E-state index is 13.1. The van der Waals surface area contributed by atoms with Gasteiger partial charge in [0.25, 0.3) is 0 Å². The molecule has 3 aromatic rings. The van der Waals surface area contributed by atoms with Crippen molar-refractivity contribution in [3.63, 3.8) is 0 Å². The van der Waals surface area contributed by atoms with Crippen LogP contribution in [0.1, 0.15) is 22.3 Å². The van der Waals surface area contributed by atoms with E-state index in [1.807, 2.05) is 83.9 Å². The number of nitrogens with zero attached hydrogens (tertiary/aromatic N) is 1. The quantitative estimate of drug-likeness (QED) is 0.224. The highest BCUT2D eigenvalue weighted by molar-refractivity contribution is 6.69. The molecular formula is C26H29NO2Si. The SMILES string of the molecule is C[Si](C)(C)ON(c1ccccc1)C(/C=C/c1ccccc1)CC(=O)c1ccccc1. The summed E-state index contributed by atoms with van der Waals surface area (Å²) >= 11 is 0. The van der Waals surface area contributed by atoms with Gasteiger partial charge in [0, 0.05) is 12.0 Å². The van der Waals surface area contributed by atoms with E-state index in [2.05, 4.69) is 43.9 Å². The van der Waals surface area contributed by atoms with Crippen LogP contribution in [0.2, 0.25) is 19.6 Å². The van der Waals surface area contributed by atoms with Crippen molar-refractivity contribution in [2.45, 2.75) is 32.1 Å². The summed E-state index contributed by atoms with van der Waals surface area (Å²) in [6.45, 7) is 6.46. The van der Waals surface area contributed by atoms with Crippen LogP contribution in [0.3, 0.4) is 0 Å². The zero-order valence-electron chi connectivity index (χ0n) is 17.9. The second-order valence-corrected chi connectivity index (χ2v) is 12.6.